The predicted molar refractivity (Wildman–Crippen MR) is 262 cm³/mol. The fourth-order valence-corrected chi connectivity index (χ4v) is 11.2. The Morgan fingerprint density at radius 2 is 1.25 bits per heavy atom. The Bertz CT molecular complexity index is 4030. The van der Waals surface area contributed by atoms with E-state index >= 15 is 0 Å². The maximum absolute atomic E-state index is 14.7. The van der Waals surface area contributed by atoms with Gasteiger partial charge >= 0.3 is 6.01 Å². The molecule has 0 saturated heterocycles. The van der Waals surface area contributed by atoms with E-state index in [2.05, 4.69) is 37.8 Å². The molecule has 0 unspecified atom stereocenters. The molecule has 1 fully saturated rings. The zero-order valence-electron chi connectivity index (χ0n) is 37.8. The first kappa shape index (κ1) is 50.4. The number of nitrogens with one attached hydrogen (secondary N) is 3. The summed E-state index contributed by atoms with van der Waals surface area (Å²) in [6, 6.07) is 18.0. The summed E-state index contributed by atoms with van der Waals surface area (Å²) < 4.78 is 147. The molecular formula is C46H39N7O16S4. The highest BCUT2D eigenvalue weighted by molar-refractivity contribution is 7.87. The third kappa shape index (κ3) is 10.0. The van der Waals surface area contributed by atoms with E-state index in [1.54, 1.807) is 6.07 Å². The third-order valence-corrected chi connectivity index (χ3v) is 15.8. The molecule has 7 N–H and O–H groups in total. The molecule has 2 aliphatic rings. The first-order valence-electron chi connectivity index (χ1n) is 21.7. The van der Waals surface area contributed by atoms with Crippen LogP contribution in [0.1, 0.15) is 64.4 Å². The van der Waals surface area contributed by atoms with Crippen LogP contribution < -0.4 is 26.2 Å². The summed E-state index contributed by atoms with van der Waals surface area (Å²) in [7, 11) is -18.9. The average Bonchev–Trinajstić information content (AvgIpc) is 3.31. The van der Waals surface area contributed by atoms with Crippen LogP contribution in [0.5, 0.6) is 11.8 Å². The Morgan fingerprint density at radius 3 is 1.88 bits per heavy atom. The lowest BCUT2D eigenvalue weighted by Crippen LogP contribution is -2.29. The van der Waals surface area contributed by atoms with Gasteiger partial charge in [0.05, 0.1) is 43.5 Å². The molecule has 1 saturated carbocycles. The van der Waals surface area contributed by atoms with Crippen molar-refractivity contribution in [3.8, 4) is 22.9 Å². The van der Waals surface area contributed by atoms with Gasteiger partial charge in [-0.15, -0.1) is 0 Å². The van der Waals surface area contributed by atoms with Gasteiger partial charge in [-0.3, -0.25) is 32.6 Å². The maximum Gasteiger partial charge on any atom is 0.328 e. The number of anilines is 5. The van der Waals surface area contributed by atoms with E-state index < -0.39 is 106 Å². The Hall–Kier alpha value is -7.50. The van der Waals surface area contributed by atoms with Gasteiger partial charge in [0.15, 0.2) is 11.6 Å². The molecule has 7 aromatic rings. The normalized spacial score (nSPS) is 15.9. The molecule has 9 rings (SSSR count). The van der Waals surface area contributed by atoms with Crippen LogP contribution in [0.3, 0.4) is 0 Å². The van der Waals surface area contributed by atoms with Crippen LogP contribution in [0.2, 0.25) is 0 Å². The molecule has 27 heteroatoms. The summed E-state index contributed by atoms with van der Waals surface area (Å²) >= 11 is 0. The number of aromatic nitrogens is 4. The first-order valence-corrected chi connectivity index (χ1v) is 27.4. The number of nitrogens with zero attached hydrogens (tertiary/aromatic N) is 4. The van der Waals surface area contributed by atoms with Crippen molar-refractivity contribution in [3.63, 3.8) is 0 Å². The Morgan fingerprint density at radius 1 is 0.630 bits per heavy atom. The van der Waals surface area contributed by atoms with Crippen LogP contribution in [-0.4, -0.2) is 89.0 Å². The monoisotopic (exact) mass is 1070 g/mol. The zero-order valence-corrected chi connectivity index (χ0v) is 41.1. The van der Waals surface area contributed by atoms with Crippen molar-refractivity contribution < 1.29 is 66.2 Å². The summed E-state index contributed by atoms with van der Waals surface area (Å²) in [4.78, 5) is 53.0. The number of ketones is 2. The van der Waals surface area contributed by atoms with Gasteiger partial charge in [0, 0.05) is 35.2 Å². The highest BCUT2D eigenvalue weighted by Gasteiger charge is 2.35. The lowest BCUT2D eigenvalue weighted by molar-refractivity contribution is 0.102. The number of fused-ring (bicyclic) bond motifs is 2. The molecule has 0 amide bonds. The van der Waals surface area contributed by atoms with E-state index in [0.717, 1.165) is 47.7 Å². The number of pyridine rings is 1. The van der Waals surface area contributed by atoms with E-state index in [1.165, 1.54) is 61.6 Å². The van der Waals surface area contributed by atoms with Gasteiger partial charge in [-0.2, -0.15) is 48.6 Å². The van der Waals surface area contributed by atoms with Crippen molar-refractivity contribution in [2.24, 2.45) is 13.0 Å². The molecule has 0 atom stereocenters. The third-order valence-electron chi connectivity index (χ3n) is 12.3. The SMILES string of the molecule is CC1CCC(Nc2nc(Nc3cc(Nc4ccc5c6c4C(=O)c4ccccc4-c6c(C(=O)c4cccc(S(=O)(=O)O)c4)c(=O)n5C)c(S(=O)(=O)O)cc3S(=O)(=O)O)nc(Oc3ccc(S(=O)(=O)O)cc3)n2)CC1. The predicted octanol–water partition coefficient (Wildman–Crippen LogP) is 6.42. The van der Waals surface area contributed by atoms with Gasteiger partial charge in [0.2, 0.25) is 11.9 Å². The maximum atomic E-state index is 14.7. The summed E-state index contributed by atoms with van der Waals surface area (Å²) in [5.74, 6) is -1.81. The molecule has 0 bridgehead atoms. The minimum atomic E-state index is -5.43. The van der Waals surface area contributed by atoms with E-state index in [9.17, 15) is 66.3 Å². The highest BCUT2D eigenvalue weighted by atomic mass is 32.2. The highest BCUT2D eigenvalue weighted by Crippen LogP contribution is 2.45. The van der Waals surface area contributed by atoms with Crippen molar-refractivity contribution >= 4 is 91.9 Å². The second-order valence-corrected chi connectivity index (χ2v) is 22.8. The summed E-state index contributed by atoms with van der Waals surface area (Å²) in [6.07, 6.45) is 3.17. The molecule has 2 aromatic heterocycles. The van der Waals surface area contributed by atoms with Crippen molar-refractivity contribution in [2.75, 3.05) is 16.0 Å². The number of carbonyl (C=O) groups is 2. The van der Waals surface area contributed by atoms with Crippen molar-refractivity contribution in [2.45, 2.75) is 58.2 Å². The molecular weight excluding hydrogens is 1030 g/mol. The van der Waals surface area contributed by atoms with Crippen molar-refractivity contribution in [3.05, 3.63) is 130 Å². The van der Waals surface area contributed by atoms with Crippen LogP contribution in [-0.2, 0) is 47.5 Å². The molecule has 2 heterocycles. The minimum absolute atomic E-state index is 0.0100. The van der Waals surface area contributed by atoms with Crippen LogP contribution in [0.4, 0.5) is 29.0 Å². The molecule has 5 aromatic carbocycles. The zero-order chi connectivity index (χ0) is 52.5. The fourth-order valence-electron chi connectivity index (χ4n) is 8.77. The number of carbonyl (C=O) groups excluding carboxylic acids is 2. The second kappa shape index (κ2) is 18.5. The van der Waals surface area contributed by atoms with Gasteiger partial charge in [0.25, 0.3) is 46.0 Å². The molecule has 23 nitrogen and oxygen atoms in total. The molecule has 2 aliphatic carbocycles. The topological polar surface area (TPSA) is 358 Å². The largest absolute Gasteiger partial charge is 0.424 e. The van der Waals surface area contributed by atoms with Crippen LogP contribution >= 0.6 is 0 Å². The van der Waals surface area contributed by atoms with Crippen LogP contribution in [0.15, 0.2) is 121 Å². The van der Waals surface area contributed by atoms with Crippen LogP contribution in [0.25, 0.3) is 22.0 Å². The number of rotatable bonds is 14. The first-order chi connectivity index (χ1) is 34.3. The van der Waals surface area contributed by atoms with Gasteiger partial charge in [0.1, 0.15) is 15.5 Å². The van der Waals surface area contributed by atoms with E-state index in [0.29, 0.717) is 24.8 Å². The Balaban J connectivity index is 1.20. The smallest absolute Gasteiger partial charge is 0.328 e. The minimum Gasteiger partial charge on any atom is -0.424 e. The molecule has 0 radical (unpaired) electrons. The molecule has 0 spiro atoms. The van der Waals surface area contributed by atoms with Gasteiger partial charge in [-0.25, -0.2) is 0 Å². The molecule has 378 valence electrons. The quantitative estimate of drug-likeness (QED) is 0.0456. The standard InChI is InChI=1S/C46H39N7O16S4/c1-23-10-12-25(13-11-23)47-44-50-45(52-46(51-44)69-26-14-16-27(17-15-26)70(57,58)59)49-33-21-32(35(72(63,64)65)22-36(33)73(66,67)68)48-31-18-19-34-39-37(29-8-3-4-9-30(29)42(55)38(31)39)40(43(56)53(34)2)41(54)24-6-5-7-28(20-24)71(60,61)62/h3-9,14-23,25,48H,10-13H2,1-2H3,(H,57,58,59)(H,60,61,62)(H,63,64,65)(H,66,67,68)(H2,47,49,50,51,52). The van der Waals surface area contributed by atoms with Crippen molar-refractivity contribution in [1.82, 2.24) is 19.5 Å². The van der Waals surface area contributed by atoms with Gasteiger partial charge < -0.3 is 25.3 Å². The number of benzene rings is 5. The Kier molecular flexibility index (Phi) is 12.8. The summed E-state index contributed by atoms with van der Waals surface area (Å²) in [6.45, 7) is 2.11. The average molecular weight is 1070 g/mol. The second-order valence-electron chi connectivity index (χ2n) is 17.2. The van der Waals surface area contributed by atoms with Crippen molar-refractivity contribution in [1.29, 1.82) is 0 Å². The van der Waals surface area contributed by atoms with E-state index in [1.807, 2.05) is 0 Å². The number of hydrogen-bond donors (Lipinski definition) is 7. The number of hydrogen-bond acceptors (Lipinski definition) is 18. The number of aryl methyl sites for hydroxylation is 1. The van der Waals surface area contributed by atoms with E-state index in [4.69, 9.17) is 4.74 Å². The van der Waals surface area contributed by atoms with E-state index in [-0.39, 0.29) is 62.1 Å². The lowest BCUT2D eigenvalue weighted by atomic mass is 9.80. The molecule has 0 aliphatic heterocycles. The Labute approximate surface area is 415 Å². The summed E-state index contributed by atoms with van der Waals surface area (Å²) in [5.41, 5.74) is -3.24. The van der Waals surface area contributed by atoms with Gasteiger partial charge in [-0.05, 0) is 97.8 Å². The van der Waals surface area contributed by atoms with Gasteiger partial charge in [-0.1, -0.05) is 43.3 Å². The fraction of sp³-hybridized carbons (Fsp3) is 0.174. The number of ether oxygens (including phenoxy) is 1. The summed E-state index contributed by atoms with van der Waals surface area (Å²) in [5, 5.41) is 8.61. The van der Waals surface area contributed by atoms with Crippen LogP contribution in [0, 0.1) is 5.92 Å². The lowest BCUT2D eigenvalue weighted by Gasteiger charge is -2.27. The molecule has 73 heavy (non-hydrogen) atoms.